The third-order valence-corrected chi connectivity index (χ3v) is 5.57. The Labute approximate surface area is 184 Å². The molecule has 0 unspecified atom stereocenters. The van der Waals surface area contributed by atoms with E-state index in [4.69, 9.17) is 23.2 Å². The number of nitrogens with one attached hydrogen (secondary N) is 2. The van der Waals surface area contributed by atoms with E-state index in [9.17, 15) is 9.59 Å². The van der Waals surface area contributed by atoms with Crippen molar-refractivity contribution >= 4 is 57.4 Å². The maximum absolute atomic E-state index is 12.7. The number of halogens is 2. The van der Waals surface area contributed by atoms with Crippen molar-refractivity contribution in [2.45, 2.75) is 18.9 Å². The molecule has 6 nitrogen and oxygen atoms in total. The van der Waals surface area contributed by atoms with Crippen molar-refractivity contribution in [2.75, 3.05) is 23.8 Å². The van der Waals surface area contributed by atoms with Crippen LogP contribution in [0.25, 0.3) is 10.9 Å². The molecule has 2 aromatic carbocycles. The number of likely N-dealkylation sites (N-methyl/N-ethyl adjacent to an activating group) is 1. The summed E-state index contributed by atoms with van der Waals surface area (Å²) < 4.78 is 0. The lowest BCUT2D eigenvalue weighted by Gasteiger charge is -2.19. The van der Waals surface area contributed by atoms with Gasteiger partial charge in [-0.1, -0.05) is 41.4 Å². The SMILES string of the molecule is CN(CC(=O)Nc1ccc(Cl)c(Cl)c1)c1cc(C(=O)NC2CC2)c2ccccc2n1. The average molecular weight is 443 g/mol. The fourth-order valence-electron chi connectivity index (χ4n) is 3.11. The van der Waals surface area contributed by atoms with Gasteiger partial charge in [-0.05, 0) is 43.2 Å². The van der Waals surface area contributed by atoms with Gasteiger partial charge in [0.2, 0.25) is 5.91 Å². The van der Waals surface area contributed by atoms with E-state index in [0.29, 0.717) is 32.6 Å². The summed E-state index contributed by atoms with van der Waals surface area (Å²) in [6, 6.07) is 14.4. The number of rotatable bonds is 6. The Balaban J connectivity index is 1.54. The highest BCUT2D eigenvalue weighted by atomic mass is 35.5. The number of nitrogens with zero attached hydrogens (tertiary/aromatic N) is 2. The number of amides is 2. The van der Waals surface area contributed by atoms with Crippen LogP contribution >= 0.6 is 23.2 Å². The molecule has 2 amide bonds. The quantitative estimate of drug-likeness (QED) is 0.588. The van der Waals surface area contributed by atoms with Gasteiger partial charge in [0, 0.05) is 24.2 Å². The maximum Gasteiger partial charge on any atom is 0.252 e. The van der Waals surface area contributed by atoms with Crippen LogP contribution in [0.2, 0.25) is 10.0 Å². The van der Waals surface area contributed by atoms with Gasteiger partial charge in [-0.3, -0.25) is 9.59 Å². The molecule has 8 heteroatoms. The van der Waals surface area contributed by atoms with Gasteiger partial charge in [0.05, 0.1) is 27.7 Å². The molecule has 0 aliphatic heterocycles. The van der Waals surface area contributed by atoms with Crippen LogP contribution in [0.5, 0.6) is 0 Å². The Morgan fingerprint density at radius 3 is 2.60 bits per heavy atom. The maximum atomic E-state index is 12.7. The number of para-hydroxylation sites is 1. The highest BCUT2D eigenvalue weighted by Crippen LogP contribution is 2.26. The molecule has 1 saturated carbocycles. The minimum Gasteiger partial charge on any atom is -0.350 e. The first-order chi connectivity index (χ1) is 14.4. The van der Waals surface area contributed by atoms with E-state index in [0.717, 1.165) is 18.2 Å². The summed E-state index contributed by atoms with van der Waals surface area (Å²) in [5.74, 6) is 0.180. The van der Waals surface area contributed by atoms with Gasteiger partial charge in [0.25, 0.3) is 5.91 Å². The number of pyridine rings is 1. The number of fused-ring (bicyclic) bond motifs is 1. The molecule has 3 aromatic rings. The van der Waals surface area contributed by atoms with Crippen LogP contribution in [0, 0.1) is 0 Å². The van der Waals surface area contributed by atoms with E-state index >= 15 is 0 Å². The molecule has 0 bridgehead atoms. The highest BCUT2D eigenvalue weighted by molar-refractivity contribution is 6.42. The molecule has 2 N–H and O–H groups in total. The Hall–Kier alpha value is -2.83. The normalized spacial score (nSPS) is 13.2. The second kappa shape index (κ2) is 8.50. The molecule has 154 valence electrons. The predicted octanol–water partition coefficient (Wildman–Crippen LogP) is 4.51. The van der Waals surface area contributed by atoms with Gasteiger partial charge in [0.15, 0.2) is 0 Å². The molecule has 4 rings (SSSR count). The van der Waals surface area contributed by atoms with Crippen LogP contribution < -0.4 is 15.5 Å². The first-order valence-electron chi connectivity index (χ1n) is 9.57. The third-order valence-electron chi connectivity index (χ3n) is 4.84. The molecular weight excluding hydrogens is 423 g/mol. The van der Waals surface area contributed by atoms with Crippen molar-refractivity contribution in [2.24, 2.45) is 0 Å². The zero-order chi connectivity index (χ0) is 21.3. The summed E-state index contributed by atoms with van der Waals surface area (Å²) in [5.41, 5.74) is 1.81. The Kier molecular flexibility index (Phi) is 5.79. The summed E-state index contributed by atoms with van der Waals surface area (Å²) in [7, 11) is 1.76. The van der Waals surface area contributed by atoms with Crippen LogP contribution in [-0.4, -0.2) is 36.4 Å². The molecular formula is C22H20Cl2N4O2. The summed E-state index contributed by atoms with van der Waals surface area (Å²) in [6.45, 7) is 0.0509. The minimum atomic E-state index is -0.241. The second-order valence-electron chi connectivity index (χ2n) is 7.33. The molecule has 1 heterocycles. The molecule has 0 atom stereocenters. The minimum absolute atomic E-state index is 0.0509. The molecule has 1 aliphatic carbocycles. The zero-order valence-corrected chi connectivity index (χ0v) is 17.8. The van der Waals surface area contributed by atoms with Crippen molar-refractivity contribution < 1.29 is 9.59 Å². The number of carbonyl (C=O) groups is 2. The Bertz CT molecular complexity index is 1130. The second-order valence-corrected chi connectivity index (χ2v) is 8.14. The molecule has 1 aliphatic rings. The molecule has 30 heavy (non-hydrogen) atoms. The number of benzene rings is 2. The first kappa shape index (κ1) is 20.4. The lowest BCUT2D eigenvalue weighted by Crippen LogP contribution is -2.31. The first-order valence-corrected chi connectivity index (χ1v) is 10.3. The number of anilines is 2. The number of hydrogen-bond donors (Lipinski definition) is 2. The van der Waals surface area contributed by atoms with E-state index in [2.05, 4.69) is 15.6 Å². The largest absolute Gasteiger partial charge is 0.350 e. The van der Waals surface area contributed by atoms with Crippen molar-refractivity contribution in [3.05, 3.63) is 64.1 Å². The number of hydrogen-bond acceptors (Lipinski definition) is 4. The van der Waals surface area contributed by atoms with Crippen LogP contribution in [0.1, 0.15) is 23.2 Å². The van der Waals surface area contributed by atoms with Crippen molar-refractivity contribution in [3.63, 3.8) is 0 Å². The molecule has 1 fully saturated rings. The summed E-state index contributed by atoms with van der Waals surface area (Å²) in [5, 5.41) is 7.38. The monoisotopic (exact) mass is 442 g/mol. The lowest BCUT2D eigenvalue weighted by molar-refractivity contribution is -0.114. The van der Waals surface area contributed by atoms with Gasteiger partial charge in [-0.2, -0.15) is 0 Å². The zero-order valence-electron chi connectivity index (χ0n) is 16.3. The Morgan fingerprint density at radius 2 is 1.87 bits per heavy atom. The van der Waals surface area contributed by atoms with Gasteiger partial charge in [-0.15, -0.1) is 0 Å². The van der Waals surface area contributed by atoms with Crippen LogP contribution in [0.4, 0.5) is 11.5 Å². The summed E-state index contributed by atoms with van der Waals surface area (Å²) >= 11 is 11.9. The standard InChI is InChI=1S/C22H20Cl2N4O2/c1-28(12-21(29)25-14-8-9-17(23)18(24)10-14)20-11-16(22(30)26-13-6-7-13)15-4-2-3-5-19(15)27-20/h2-5,8-11,13H,6-7,12H2,1H3,(H,25,29)(H,26,30). The Morgan fingerprint density at radius 1 is 1.10 bits per heavy atom. The van der Waals surface area contributed by atoms with E-state index in [1.165, 1.54) is 0 Å². The van der Waals surface area contributed by atoms with Crippen LogP contribution in [-0.2, 0) is 4.79 Å². The topological polar surface area (TPSA) is 74.3 Å². The summed E-state index contributed by atoms with van der Waals surface area (Å²) in [6.07, 6.45) is 2.02. The molecule has 1 aromatic heterocycles. The smallest absolute Gasteiger partial charge is 0.252 e. The van der Waals surface area contributed by atoms with E-state index in [-0.39, 0.29) is 24.4 Å². The third kappa shape index (κ3) is 4.66. The molecule has 0 radical (unpaired) electrons. The van der Waals surface area contributed by atoms with Crippen LogP contribution in [0.15, 0.2) is 48.5 Å². The average Bonchev–Trinajstić information content (AvgIpc) is 3.53. The fourth-order valence-corrected chi connectivity index (χ4v) is 3.40. The number of aromatic nitrogens is 1. The van der Waals surface area contributed by atoms with Gasteiger partial charge >= 0.3 is 0 Å². The lowest BCUT2D eigenvalue weighted by atomic mass is 10.1. The molecule has 0 saturated heterocycles. The predicted molar refractivity (Wildman–Crippen MR) is 121 cm³/mol. The highest BCUT2D eigenvalue weighted by Gasteiger charge is 2.25. The van der Waals surface area contributed by atoms with Gasteiger partial charge in [-0.25, -0.2) is 4.98 Å². The van der Waals surface area contributed by atoms with Gasteiger partial charge < -0.3 is 15.5 Å². The summed E-state index contributed by atoms with van der Waals surface area (Å²) in [4.78, 5) is 31.6. The van der Waals surface area contributed by atoms with Crippen LogP contribution in [0.3, 0.4) is 0 Å². The molecule has 0 spiro atoms. The fraction of sp³-hybridized carbons (Fsp3) is 0.227. The van der Waals surface area contributed by atoms with E-state index in [1.54, 1.807) is 36.2 Å². The van der Waals surface area contributed by atoms with E-state index in [1.807, 2.05) is 24.3 Å². The van der Waals surface area contributed by atoms with Crippen molar-refractivity contribution in [3.8, 4) is 0 Å². The van der Waals surface area contributed by atoms with Gasteiger partial charge in [0.1, 0.15) is 5.82 Å². The number of carbonyl (C=O) groups excluding carboxylic acids is 2. The van der Waals surface area contributed by atoms with E-state index < -0.39 is 0 Å². The van der Waals surface area contributed by atoms with Crippen molar-refractivity contribution in [1.82, 2.24) is 10.3 Å². The van der Waals surface area contributed by atoms with Crippen molar-refractivity contribution in [1.29, 1.82) is 0 Å².